The zero-order valence-corrected chi connectivity index (χ0v) is 16.5. The summed E-state index contributed by atoms with van der Waals surface area (Å²) in [6.45, 7) is 0. The summed E-state index contributed by atoms with van der Waals surface area (Å²) in [5.41, 5.74) is 3.24. The van der Waals surface area contributed by atoms with Crippen LogP contribution < -0.4 is 9.46 Å². The Morgan fingerprint density at radius 1 is 1.18 bits per heavy atom. The van der Waals surface area contributed by atoms with Crippen molar-refractivity contribution in [3.8, 4) is 11.6 Å². The topological polar surface area (TPSA) is 69.8 Å². The van der Waals surface area contributed by atoms with Gasteiger partial charge in [-0.2, -0.15) is 10.2 Å². The van der Waals surface area contributed by atoms with Crippen LogP contribution in [0.2, 0.25) is 0 Å². The molecular weight excluding hydrogens is 372 g/mol. The van der Waals surface area contributed by atoms with Gasteiger partial charge in [-0.25, -0.2) is 9.67 Å². The molecule has 5 rings (SSSR count). The zero-order chi connectivity index (χ0) is 19.1. The molecule has 0 bridgehead atoms. The fourth-order valence-electron chi connectivity index (χ4n) is 3.34. The molecule has 7 nitrogen and oxygen atoms in total. The van der Waals surface area contributed by atoms with Crippen LogP contribution in [-0.2, 0) is 7.05 Å². The number of aryl methyl sites for hydroxylation is 1. The lowest BCUT2D eigenvalue weighted by molar-refractivity contribution is 0.417. The molecular formula is C20H20N6OS. The monoisotopic (exact) mass is 392 g/mol. The van der Waals surface area contributed by atoms with Gasteiger partial charge in [-0.15, -0.1) is 0 Å². The van der Waals surface area contributed by atoms with Crippen LogP contribution in [-0.4, -0.2) is 31.7 Å². The summed E-state index contributed by atoms with van der Waals surface area (Å²) in [5.74, 6) is 2.32. The summed E-state index contributed by atoms with van der Waals surface area (Å²) in [5, 5.41) is 9.88. The Kier molecular flexibility index (Phi) is 4.20. The fraction of sp³-hybridized carbons (Fsp3) is 0.250. The number of hydrogen-bond acceptors (Lipinski definition) is 6. The number of nitrogens with zero attached hydrogens (tertiary/aromatic N) is 5. The fourth-order valence-corrected chi connectivity index (χ4v) is 4.01. The Hall–Kier alpha value is -3.00. The van der Waals surface area contributed by atoms with Crippen molar-refractivity contribution in [2.45, 2.75) is 23.7 Å². The first-order valence-electron chi connectivity index (χ1n) is 9.15. The largest absolute Gasteiger partial charge is 0.494 e. The van der Waals surface area contributed by atoms with E-state index in [0.29, 0.717) is 5.92 Å². The summed E-state index contributed by atoms with van der Waals surface area (Å²) in [7, 11) is 3.60. The molecule has 1 saturated carbocycles. The lowest BCUT2D eigenvalue weighted by Crippen LogP contribution is -1.98. The molecule has 1 fully saturated rings. The molecule has 8 heteroatoms. The van der Waals surface area contributed by atoms with Gasteiger partial charge < -0.3 is 9.46 Å². The van der Waals surface area contributed by atoms with Crippen molar-refractivity contribution in [1.29, 1.82) is 0 Å². The summed E-state index contributed by atoms with van der Waals surface area (Å²) in [4.78, 5) is 5.45. The molecule has 1 aliphatic rings. The molecule has 1 aliphatic carbocycles. The van der Waals surface area contributed by atoms with Gasteiger partial charge in [-0.05, 0) is 60.5 Å². The van der Waals surface area contributed by atoms with Crippen molar-refractivity contribution < 1.29 is 4.74 Å². The Labute approximate surface area is 166 Å². The molecule has 28 heavy (non-hydrogen) atoms. The van der Waals surface area contributed by atoms with Gasteiger partial charge in [0.25, 0.3) is 0 Å². The SMILES string of the molecule is COc1ccc2cnn(C)c2c1NSc1cnn(-c2cc(C3CC3)ccn2)c1. The molecule has 0 unspecified atom stereocenters. The van der Waals surface area contributed by atoms with Crippen LogP contribution in [0.1, 0.15) is 24.3 Å². The van der Waals surface area contributed by atoms with Crippen molar-refractivity contribution in [1.82, 2.24) is 24.5 Å². The number of methoxy groups -OCH3 is 1. The van der Waals surface area contributed by atoms with Crippen LogP contribution >= 0.6 is 11.9 Å². The maximum absolute atomic E-state index is 5.53. The van der Waals surface area contributed by atoms with E-state index in [-0.39, 0.29) is 0 Å². The first-order valence-corrected chi connectivity index (χ1v) is 9.97. The number of rotatable bonds is 6. The predicted octanol–water partition coefficient (Wildman–Crippen LogP) is 4.16. The van der Waals surface area contributed by atoms with Crippen LogP contribution in [0.25, 0.3) is 16.7 Å². The molecule has 0 spiro atoms. The summed E-state index contributed by atoms with van der Waals surface area (Å²) in [6, 6.07) is 8.19. The maximum atomic E-state index is 5.53. The molecule has 0 radical (unpaired) electrons. The second-order valence-electron chi connectivity index (χ2n) is 6.90. The van der Waals surface area contributed by atoms with Gasteiger partial charge in [-0.3, -0.25) is 4.68 Å². The second kappa shape index (κ2) is 6.87. The number of benzene rings is 1. The van der Waals surface area contributed by atoms with Gasteiger partial charge in [-0.1, -0.05) is 0 Å². The number of hydrogen-bond donors (Lipinski definition) is 1. The molecule has 142 valence electrons. The maximum Gasteiger partial charge on any atom is 0.153 e. The standard InChI is InChI=1S/C20H20N6OS/c1-25-20-15(10-22-25)5-6-17(27-2)19(20)24-28-16-11-23-26(12-16)18-9-14(7-8-21-18)13-3-4-13/h5-13,24H,3-4H2,1-2H3. The summed E-state index contributed by atoms with van der Waals surface area (Å²) >= 11 is 1.49. The summed E-state index contributed by atoms with van der Waals surface area (Å²) in [6.07, 6.45) is 10.1. The van der Waals surface area contributed by atoms with Crippen molar-refractivity contribution in [3.05, 3.63) is 54.6 Å². The summed E-state index contributed by atoms with van der Waals surface area (Å²) < 4.78 is 12.6. The second-order valence-corrected chi connectivity index (χ2v) is 7.77. The third-order valence-corrected chi connectivity index (χ3v) is 5.72. The van der Waals surface area contributed by atoms with Crippen LogP contribution in [0.5, 0.6) is 5.75 Å². The molecule has 1 aromatic carbocycles. The quantitative estimate of drug-likeness (QED) is 0.497. The molecule has 0 amide bonds. The minimum atomic E-state index is 0.694. The normalized spacial score (nSPS) is 13.8. The minimum Gasteiger partial charge on any atom is -0.494 e. The van der Waals surface area contributed by atoms with Gasteiger partial charge in [0.05, 0.1) is 29.9 Å². The van der Waals surface area contributed by atoms with Crippen LogP contribution in [0, 0.1) is 0 Å². The molecule has 0 aliphatic heterocycles. The van der Waals surface area contributed by atoms with Crippen molar-refractivity contribution in [2.24, 2.45) is 7.05 Å². The van der Waals surface area contributed by atoms with Crippen LogP contribution in [0.3, 0.4) is 0 Å². The highest BCUT2D eigenvalue weighted by Gasteiger charge is 2.24. The highest BCUT2D eigenvalue weighted by atomic mass is 32.2. The number of pyridine rings is 1. The van der Waals surface area contributed by atoms with Crippen LogP contribution in [0.15, 0.2) is 53.9 Å². The Morgan fingerprint density at radius 2 is 2.07 bits per heavy atom. The van der Waals surface area contributed by atoms with E-state index in [1.54, 1.807) is 7.11 Å². The van der Waals surface area contributed by atoms with E-state index in [0.717, 1.165) is 33.1 Å². The minimum absolute atomic E-state index is 0.694. The molecule has 3 heterocycles. The molecule has 0 saturated heterocycles. The average Bonchev–Trinajstić information content (AvgIpc) is 3.36. The lowest BCUT2D eigenvalue weighted by Gasteiger charge is -2.11. The number of ether oxygens (including phenoxy) is 1. The smallest absolute Gasteiger partial charge is 0.153 e. The van der Waals surface area contributed by atoms with E-state index in [1.807, 2.05) is 53.3 Å². The van der Waals surface area contributed by atoms with Crippen LogP contribution in [0.4, 0.5) is 5.69 Å². The van der Waals surface area contributed by atoms with E-state index >= 15 is 0 Å². The van der Waals surface area contributed by atoms with Crippen molar-refractivity contribution in [2.75, 3.05) is 11.8 Å². The van der Waals surface area contributed by atoms with Gasteiger partial charge in [0.1, 0.15) is 11.4 Å². The van der Waals surface area contributed by atoms with Gasteiger partial charge >= 0.3 is 0 Å². The van der Waals surface area contributed by atoms with E-state index in [2.05, 4.69) is 32.0 Å². The predicted molar refractivity (Wildman–Crippen MR) is 110 cm³/mol. The number of fused-ring (bicyclic) bond motifs is 1. The Morgan fingerprint density at radius 3 is 2.89 bits per heavy atom. The van der Waals surface area contributed by atoms with E-state index in [9.17, 15) is 0 Å². The van der Waals surface area contributed by atoms with Crippen molar-refractivity contribution >= 4 is 28.5 Å². The average molecular weight is 392 g/mol. The van der Waals surface area contributed by atoms with E-state index < -0.39 is 0 Å². The van der Waals surface area contributed by atoms with Gasteiger partial charge in [0.15, 0.2) is 5.82 Å². The van der Waals surface area contributed by atoms with E-state index in [4.69, 9.17) is 4.74 Å². The number of aromatic nitrogens is 5. The highest BCUT2D eigenvalue weighted by molar-refractivity contribution is 8.00. The third-order valence-electron chi connectivity index (χ3n) is 4.97. The van der Waals surface area contributed by atoms with Crippen molar-refractivity contribution in [3.63, 3.8) is 0 Å². The van der Waals surface area contributed by atoms with Gasteiger partial charge in [0.2, 0.25) is 0 Å². The number of anilines is 1. The third kappa shape index (κ3) is 3.09. The first kappa shape index (κ1) is 17.1. The molecule has 0 atom stereocenters. The van der Waals surface area contributed by atoms with E-state index in [1.165, 1.54) is 30.4 Å². The molecule has 4 aromatic rings. The highest BCUT2D eigenvalue weighted by Crippen LogP contribution is 2.40. The van der Waals surface area contributed by atoms with Gasteiger partial charge in [0, 0.05) is 24.8 Å². The first-order chi connectivity index (χ1) is 13.7. The molecule has 3 aromatic heterocycles. The Bertz CT molecular complexity index is 1150. The molecule has 1 N–H and O–H groups in total. The lowest BCUT2D eigenvalue weighted by atomic mass is 10.2. The zero-order valence-electron chi connectivity index (χ0n) is 15.7. The number of nitrogens with one attached hydrogen (secondary N) is 1. The Balaban J connectivity index is 1.39.